The van der Waals surface area contributed by atoms with Crippen molar-refractivity contribution < 1.29 is 23.8 Å². The molecule has 0 fully saturated rings. The zero-order chi connectivity index (χ0) is 19.4. The van der Waals surface area contributed by atoms with Crippen molar-refractivity contribution in [3.8, 4) is 11.5 Å². The summed E-state index contributed by atoms with van der Waals surface area (Å²) in [5.41, 5.74) is 2.74. The number of halogens is 2. The van der Waals surface area contributed by atoms with Crippen molar-refractivity contribution in [3.05, 3.63) is 95.1 Å². The summed E-state index contributed by atoms with van der Waals surface area (Å²) >= 11 is 0. The van der Waals surface area contributed by atoms with E-state index < -0.39 is 17.5 Å². The topological polar surface area (TPSA) is 81.9 Å². The van der Waals surface area contributed by atoms with Crippen molar-refractivity contribution in [1.29, 1.82) is 0 Å². The van der Waals surface area contributed by atoms with Crippen molar-refractivity contribution in [3.63, 3.8) is 0 Å². The molecule has 7 heteroatoms. The van der Waals surface area contributed by atoms with Gasteiger partial charge in [0.15, 0.2) is 11.6 Å². The largest absolute Gasteiger partial charge is 0.507 e. The lowest BCUT2D eigenvalue weighted by molar-refractivity contribution is 0.0954. The average Bonchev–Trinajstić information content (AvgIpc) is 2.66. The Labute approximate surface area is 153 Å². The zero-order valence-corrected chi connectivity index (χ0v) is 13.9. The van der Waals surface area contributed by atoms with E-state index in [4.69, 9.17) is 0 Å². The summed E-state index contributed by atoms with van der Waals surface area (Å²) in [5.74, 6) is -3.23. The fourth-order valence-electron chi connectivity index (χ4n) is 2.42. The molecule has 0 radical (unpaired) electrons. The van der Waals surface area contributed by atoms with Crippen LogP contribution < -0.4 is 5.43 Å². The number of aromatic hydroxyl groups is 2. The van der Waals surface area contributed by atoms with Gasteiger partial charge in [0.2, 0.25) is 0 Å². The molecule has 3 aromatic rings. The summed E-state index contributed by atoms with van der Waals surface area (Å²) in [4.78, 5) is 12.2. The van der Waals surface area contributed by atoms with Crippen LogP contribution in [0.5, 0.6) is 11.5 Å². The molecule has 0 aromatic heterocycles. The van der Waals surface area contributed by atoms with E-state index in [1.807, 2.05) is 0 Å². The van der Waals surface area contributed by atoms with Crippen LogP contribution in [0.25, 0.3) is 0 Å². The summed E-state index contributed by atoms with van der Waals surface area (Å²) in [6.07, 6.45) is 0. The molecule has 0 unspecified atom stereocenters. The smallest absolute Gasteiger partial charge is 0.271 e. The Morgan fingerprint density at radius 2 is 1.37 bits per heavy atom. The number of rotatable bonds is 4. The molecule has 3 rings (SSSR count). The quantitative estimate of drug-likeness (QED) is 0.486. The van der Waals surface area contributed by atoms with Gasteiger partial charge in [0, 0.05) is 16.7 Å². The highest BCUT2D eigenvalue weighted by Gasteiger charge is 2.16. The molecule has 136 valence electrons. The first kappa shape index (κ1) is 18.1. The third-order valence-corrected chi connectivity index (χ3v) is 3.77. The Kier molecular flexibility index (Phi) is 5.12. The summed E-state index contributed by atoms with van der Waals surface area (Å²) in [7, 11) is 0. The Bertz CT molecular complexity index is 988. The molecule has 0 heterocycles. The summed E-state index contributed by atoms with van der Waals surface area (Å²) in [5, 5.41) is 24.2. The van der Waals surface area contributed by atoms with Gasteiger partial charge in [-0.1, -0.05) is 24.3 Å². The number of nitrogens with one attached hydrogen (secondary N) is 1. The number of para-hydroxylation sites is 2. The average molecular weight is 368 g/mol. The van der Waals surface area contributed by atoms with Gasteiger partial charge >= 0.3 is 0 Å². The predicted octanol–water partition coefficient (Wildman–Crippen LogP) is 3.56. The maximum absolute atomic E-state index is 13.3. The minimum absolute atomic E-state index is 0.0992. The number of phenols is 2. The van der Waals surface area contributed by atoms with E-state index in [0.717, 1.165) is 18.2 Å². The Balaban J connectivity index is 2.00. The van der Waals surface area contributed by atoms with Gasteiger partial charge in [0.1, 0.15) is 17.2 Å². The van der Waals surface area contributed by atoms with E-state index >= 15 is 0 Å². The van der Waals surface area contributed by atoms with Crippen molar-refractivity contribution in [1.82, 2.24) is 5.43 Å². The molecule has 27 heavy (non-hydrogen) atoms. The van der Waals surface area contributed by atoms with E-state index in [1.54, 1.807) is 36.4 Å². The molecule has 0 aliphatic heterocycles. The maximum Gasteiger partial charge on any atom is 0.271 e. The molecule has 0 bridgehead atoms. The molecule has 1 amide bonds. The van der Waals surface area contributed by atoms with Gasteiger partial charge in [-0.05, 0) is 42.5 Å². The van der Waals surface area contributed by atoms with E-state index in [2.05, 4.69) is 10.5 Å². The van der Waals surface area contributed by atoms with Crippen LogP contribution >= 0.6 is 0 Å². The van der Waals surface area contributed by atoms with Gasteiger partial charge < -0.3 is 10.2 Å². The normalized spacial score (nSPS) is 10.3. The predicted molar refractivity (Wildman–Crippen MR) is 95.7 cm³/mol. The number of hydrogen-bond acceptors (Lipinski definition) is 4. The monoisotopic (exact) mass is 368 g/mol. The fraction of sp³-hybridized carbons (Fsp3) is 0. The molecular formula is C20H14F2N2O3. The van der Waals surface area contributed by atoms with Crippen molar-refractivity contribution >= 4 is 11.6 Å². The van der Waals surface area contributed by atoms with Gasteiger partial charge in [-0.2, -0.15) is 5.10 Å². The number of phenolic OH excluding ortho intramolecular Hbond substituents is 2. The highest BCUT2D eigenvalue weighted by atomic mass is 19.2. The molecule has 0 spiro atoms. The van der Waals surface area contributed by atoms with Gasteiger partial charge in [-0.3, -0.25) is 4.79 Å². The van der Waals surface area contributed by atoms with E-state index in [9.17, 15) is 23.8 Å². The number of hydrazone groups is 1. The van der Waals surface area contributed by atoms with Gasteiger partial charge in [-0.25, -0.2) is 14.2 Å². The summed E-state index contributed by atoms with van der Waals surface area (Å²) in [6, 6.07) is 15.2. The third kappa shape index (κ3) is 3.92. The first-order valence-electron chi connectivity index (χ1n) is 7.87. The summed E-state index contributed by atoms with van der Waals surface area (Å²) < 4.78 is 26.3. The van der Waals surface area contributed by atoms with Crippen LogP contribution in [0.15, 0.2) is 71.8 Å². The number of carbonyl (C=O) groups is 1. The number of nitrogens with zero attached hydrogens (tertiary/aromatic N) is 1. The van der Waals surface area contributed by atoms with Gasteiger partial charge in [-0.15, -0.1) is 0 Å². The van der Waals surface area contributed by atoms with Crippen LogP contribution in [0.2, 0.25) is 0 Å². The number of carbonyl (C=O) groups excluding carboxylic acids is 1. The van der Waals surface area contributed by atoms with Crippen LogP contribution in [0.1, 0.15) is 21.5 Å². The van der Waals surface area contributed by atoms with Gasteiger partial charge in [0.05, 0.1) is 0 Å². The SMILES string of the molecule is O=C(NN=C(c1ccccc1O)c1ccccc1O)c1ccc(F)c(F)c1. The molecule has 3 N–H and O–H groups in total. The molecule has 0 aliphatic rings. The van der Waals surface area contributed by atoms with Crippen molar-refractivity contribution in [2.45, 2.75) is 0 Å². The second kappa shape index (κ2) is 7.65. The second-order valence-corrected chi connectivity index (χ2v) is 5.56. The van der Waals surface area contributed by atoms with Gasteiger partial charge in [0.25, 0.3) is 5.91 Å². The molecule has 0 saturated carbocycles. The minimum atomic E-state index is -1.16. The molecular weight excluding hydrogens is 354 g/mol. The minimum Gasteiger partial charge on any atom is -0.507 e. The van der Waals surface area contributed by atoms with E-state index in [0.29, 0.717) is 0 Å². The molecule has 0 aliphatic carbocycles. The molecule has 3 aromatic carbocycles. The highest BCUT2D eigenvalue weighted by Crippen LogP contribution is 2.25. The lowest BCUT2D eigenvalue weighted by Gasteiger charge is -2.11. The Morgan fingerprint density at radius 3 is 1.89 bits per heavy atom. The van der Waals surface area contributed by atoms with Crippen molar-refractivity contribution in [2.75, 3.05) is 0 Å². The Hall–Kier alpha value is -3.74. The second-order valence-electron chi connectivity index (χ2n) is 5.56. The standard InChI is InChI=1S/C20H14F2N2O3/c21-15-10-9-12(11-16(15)22)20(27)24-23-19(13-5-1-3-7-17(13)25)14-6-2-4-8-18(14)26/h1-11,25-26H,(H,24,27). The first-order chi connectivity index (χ1) is 13.0. The number of benzene rings is 3. The molecule has 0 saturated heterocycles. The zero-order valence-electron chi connectivity index (χ0n) is 13.9. The van der Waals surface area contributed by atoms with E-state index in [1.165, 1.54) is 12.1 Å². The van der Waals surface area contributed by atoms with E-state index in [-0.39, 0.29) is 33.9 Å². The van der Waals surface area contributed by atoms with Crippen molar-refractivity contribution in [2.24, 2.45) is 5.10 Å². The third-order valence-electron chi connectivity index (χ3n) is 3.77. The van der Waals surface area contributed by atoms with Crippen LogP contribution in [-0.2, 0) is 0 Å². The number of amides is 1. The van der Waals surface area contributed by atoms with Crippen LogP contribution in [-0.4, -0.2) is 21.8 Å². The first-order valence-corrected chi connectivity index (χ1v) is 7.87. The Morgan fingerprint density at radius 1 is 0.815 bits per heavy atom. The lowest BCUT2D eigenvalue weighted by atomic mass is 10.0. The highest BCUT2D eigenvalue weighted by molar-refractivity contribution is 6.16. The number of hydrogen-bond donors (Lipinski definition) is 3. The van der Waals surface area contributed by atoms with Crippen LogP contribution in [0.4, 0.5) is 8.78 Å². The molecule has 0 atom stereocenters. The van der Waals surface area contributed by atoms with Crippen LogP contribution in [0.3, 0.4) is 0 Å². The molecule has 5 nitrogen and oxygen atoms in total. The fourth-order valence-corrected chi connectivity index (χ4v) is 2.42. The lowest BCUT2D eigenvalue weighted by Crippen LogP contribution is -2.21. The maximum atomic E-state index is 13.3. The van der Waals surface area contributed by atoms with Crippen LogP contribution in [0, 0.1) is 11.6 Å². The summed E-state index contributed by atoms with van der Waals surface area (Å²) in [6.45, 7) is 0.